The largest absolute Gasteiger partial charge is 0.480 e. The standard InChI is InChI=1S/C43H84NO9P/c1-3-5-7-9-11-13-15-17-18-19-20-21-22-23-25-27-29-31-33-35-42(45)53-40(38-51-54(48,49)52-39-41(44)43(46)47)37-50-36-34-32-30-28-26-24-16-14-12-10-8-6-4-2/h12,14,40-41H,3-11,13,15-39,44H2,1-2H3,(H,46,47)(H,48,49)/b14-12-. The quantitative estimate of drug-likeness (QED) is 0.0235. The second kappa shape index (κ2) is 39.9. The van der Waals surface area contributed by atoms with Gasteiger partial charge in [0.2, 0.25) is 0 Å². The highest BCUT2D eigenvalue weighted by Gasteiger charge is 2.27. The molecule has 0 radical (unpaired) electrons. The minimum Gasteiger partial charge on any atom is -0.480 e. The maximum atomic E-state index is 12.6. The number of esters is 1. The predicted molar refractivity (Wildman–Crippen MR) is 222 cm³/mol. The zero-order valence-corrected chi connectivity index (χ0v) is 35.7. The Hall–Kier alpha value is -1.29. The number of phosphoric ester groups is 1. The van der Waals surface area contributed by atoms with Gasteiger partial charge in [0.05, 0.1) is 19.8 Å². The average molecular weight is 790 g/mol. The predicted octanol–water partition coefficient (Wildman–Crippen LogP) is 12.1. The lowest BCUT2D eigenvalue weighted by Gasteiger charge is -2.20. The van der Waals surface area contributed by atoms with Crippen LogP contribution in [0.5, 0.6) is 0 Å². The molecule has 320 valence electrons. The first-order valence-corrected chi connectivity index (χ1v) is 23.7. The molecule has 0 aliphatic heterocycles. The first-order chi connectivity index (χ1) is 26.2. The van der Waals surface area contributed by atoms with Gasteiger partial charge in [0.1, 0.15) is 12.1 Å². The molecule has 4 N–H and O–H groups in total. The molecule has 3 atom stereocenters. The Morgan fingerprint density at radius 3 is 1.44 bits per heavy atom. The Morgan fingerprint density at radius 2 is 0.963 bits per heavy atom. The van der Waals surface area contributed by atoms with E-state index in [0.29, 0.717) is 6.61 Å². The van der Waals surface area contributed by atoms with Crippen molar-refractivity contribution in [3.8, 4) is 0 Å². The summed E-state index contributed by atoms with van der Waals surface area (Å²) in [6, 6.07) is -1.47. The van der Waals surface area contributed by atoms with Gasteiger partial charge >= 0.3 is 19.8 Å². The van der Waals surface area contributed by atoms with Crippen molar-refractivity contribution in [2.24, 2.45) is 5.73 Å². The van der Waals surface area contributed by atoms with Gasteiger partial charge in [-0.15, -0.1) is 0 Å². The number of carbonyl (C=O) groups excluding carboxylic acids is 1. The van der Waals surface area contributed by atoms with E-state index < -0.39 is 45.1 Å². The lowest BCUT2D eigenvalue weighted by Crippen LogP contribution is -2.34. The maximum Gasteiger partial charge on any atom is 0.472 e. The number of hydrogen-bond acceptors (Lipinski definition) is 8. The third-order valence-electron chi connectivity index (χ3n) is 9.79. The molecule has 10 nitrogen and oxygen atoms in total. The van der Waals surface area contributed by atoms with E-state index in [1.54, 1.807) is 0 Å². The van der Waals surface area contributed by atoms with Crippen LogP contribution in [0.1, 0.15) is 213 Å². The zero-order chi connectivity index (χ0) is 39.8. The summed E-state index contributed by atoms with van der Waals surface area (Å²) in [6.07, 6.45) is 41.2. The van der Waals surface area contributed by atoms with E-state index in [2.05, 4.69) is 26.0 Å². The molecule has 0 saturated heterocycles. The Balaban J connectivity index is 4.17. The molecule has 0 amide bonds. The van der Waals surface area contributed by atoms with Crippen LogP contribution >= 0.6 is 7.82 Å². The molecule has 0 aliphatic carbocycles. The lowest BCUT2D eigenvalue weighted by atomic mass is 10.0. The number of aliphatic carboxylic acids is 1. The van der Waals surface area contributed by atoms with E-state index in [9.17, 15) is 19.0 Å². The molecule has 0 aromatic carbocycles. The molecular weight excluding hydrogens is 705 g/mol. The smallest absolute Gasteiger partial charge is 0.472 e. The minimum atomic E-state index is -4.61. The van der Waals surface area contributed by atoms with Crippen molar-refractivity contribution in [3.63, 3.8) is 0 Å². The number of nitrogens with two attached hydrogens (primary N) is 1. The molecule has 0 aliphatic rings. The normalized spacial score (nSPS) is 14.0. The van der Waals surface area contributed by atoms with Gasteiger partial charge in [0.25, 0.3) is 0 Å². The van der Waals surface area contributed by atoms with Crippen molar-refractivity contribution in [1.29, 1.82) is 0 Å². The third-order valence-corrected chi connectivity index (χ3v) is 10.7. The number of unbranched alkanes of at least 4 members (excludes halogenated alkanes) is 27. The number of rotatable bonds is 43. The summed E-state index contributed by atoms with van der Waals surface area (Å²) in [5.41, 5.74) is 5.35. The molecule has 0 aromatic rings. The second-order valence-corrected chi connectivity index (χ2v) is 16.6. The van der Waals surface area contributed by atoms with Crippen LogP contribution in [0.15, 0.2) is 12.2 Å². The monoisotopic (exact) mass is 790 g/mol. The van der Waals surface area contributed by atoms with Crippen molar-refractivity contribution < 1.29 is 42.7 Å². The van der Waals surface area contributed by atoms with Crippen molar-refractivity contribution in [2.45, 2.75) is 225 Å². The summed E-state index contributed by atoms with van der Waals surface area (Å²) in [5, 5.41) is 8.89. The number of hydrogen-bond donors (Lipinski definition) is 3. The second-order valence-electron chi connectivity index (χ2n) is 15.2. The highest BCUT2D eigenvalue weighted by molar-refractivity contribution is 7.47. The molecular formula is C43H84NO9P. The molecule has 0 saturated carbocycles. The van der Waals surface area contributed by atoms with E-state index in [1.807, 2.05) is 0 Å². The summed E-state index contributed by atoms with van der Waals surface area (Å²) in [7, 11) is -4.61. The van der Waals surface area contributed by atoms with Crippen LogP contribution in [-0.4, -0.2) is 60.5 Å². The summed E-state index contributed by atoms with van der Waals surface area (Å²) >= 11 is 0. The van der Waals surface area contributed by atoms with Gasteiger partial charge in [-0.25, -0.2) is 4.57 Å². The molecule has 3 unspecified atom stereocenters. The van der Waals surface area contributed by atoms with Gasteiger partial charge in [0, 0.05) is 13.0 Å². The van der Waals surface area contributed by atoms with Crippen molar-refractivity contribution in [2.75, 3.05) is 26.4 Å². The van der Waals surface area contributed by atoms with E-state index in [-0.39, 0.29) is 13.0 Å². The summed E-state index contributed by atoms with van der Waals surface area (Å²) in [4.78, 5) is 33.5. The summed E-state index contributed by atoms with van der Waals surface area (Å²) < 4.78 is 33.3. The van der Waals surface area contributed by atoms with E-state index in [1.165, 1.54) is 148 Å². The molecule has 54 heavy (non-hydrogen) atoms. The van der Waals surface area contributed by atoms with E-state index in [4.69, 9.17) is 29.4 Å². The Kier molecular flexibility index (Phi) is 39.0. The number of carbonyl (C=O) groups is 2. The molecule has 0 fully saturated rings. The van der Waals surface area contributed by atoms with Gasteiger partial charge in [-0.05, 0) is 38.5 Å². The van der Waals surface area contributed by atoms with Crippen LogP contribution in [0.4, 0.5) is 0 Å². The Labute approximate surface area is 331 Å². The molecule has 0 bridgehead atoms. The SMILES string of the molecule is CCCCC/C=C\CCCCCCCCOCC(COP(=O)(O)OCC(N)C(=O)O)OC(=O)CCCCCCCCCCCCCCCCCCCCC. The first-order valence-electron chi connectivity index (χ1n) is 22.2. The fourth-order valence-electron chi connectivity index (χ4n) is 6.31. The van der Waals surface area contributed by atoms with Gasteiger partial charge in [0.15, 0.2) is 0 Å². The Bertz CT molecular complexity index is 919. The Morgan fingerprint density at radius 1 is 0.574 bits per heavy atom. The topological polar surface area (TPSA) is 155 Å². The maximum absolute atomic E-state index is 12.6. The average Bonchev–Trinajstić information content (AvgIpc) is 3.15. The molecule has 11 heteroatoms. The highest BCUT2D eigenvalue weighted by Crippen LogP contribution is 2.43. The number of carboxylic acid groups (broad SMARTS) is 1. The number of ether oxygens (including phenoxy) is 2. The summed E-state index contributed by atoms with van der Waals surface area (Å²) in [5.74, 6) is -1.77. The third kappa shape index (κ3) is 39.0. The van der Waals surface area contributed by atoms with Crippen LogP contribution in [-0.2, 0) is 32.7 Å². The number of allylic oxidation sites excluding steroid dienone is 2. The lowest BCUT2D eigenvalue weighted by molar-refractivity contribution is -0.154. The first kappa shape index (κ1) is 52.7. The van der Waals surface area contributed by atoms with Gasteiger partial charge in [-0.1, -0.05) is 180 Å². The van der Waals surface area contributed by atoms with Gasteiger partial charge in [-0.2, -0.15) is 0 Å². The highest BCUT2D eigenvalue weighted by atomic mass is 31.2. The van der Waals surface area contributed by atoms with E-state index in [0.717, 1.165) is 44.9 Å². The fraction of sp³-hybridized carbons (Fsp3) is 0.907. The molecule has 0 rings (SSSR count). The molecule has 0 spiro atoms. The van der Waals surface area contributed by atoms with E-state index >= 15 is 0 Å². The fourth-order valence-corrected chi connectivity index (χ4v) is 7.08. The van der Waals surface area contributed by atoms with Crippen LogP contribution < -0.4 is 5.73 Å². The zero-order valence-electron chi connectivity index (χ0n) is 34.8. The van der Waals surface area contributed by atoms with Crippen molar-refractivity contribution >= 4 is 19.8 Å². The summed E-state index contributed by atoms with van der Waals surface area (Å²) in [6.45, 7) is 3.88. The molecule has 0 heterocycles. The van der Waals surface area contributed by atoms with Crippen molar-refractivity contribution in [1.82, 2.24) is 0 Å². The van der Waals surface area contributed by atoms with Gasteiger partial charge < -0.3 is 25.2 Å². The minimum absolute atomic E-state index is 0.0180. The van der Waals surface area contributed by atoms with Crippen LogP contribution in [0.25, 0.3) is 0 Å². The van der Waals surface area contributed by atoms with Gasteiger partial charge in [-0.3, -0.25) is 18.6 Å². The van der Waals surface area contributed by atoms with Crippen LogP contribution in [0.3, 0.4) is 0 Å². The molecule has 0 aromatic heterocycles. The van der Waals surface area contributed by atoms with Crippen molar-refractivity contribution in [3.05, 3.63) is 12.2 Å². The van der Waals surface area contributed by atoms with Crippen LogP contribution in [0.2, 0.25) is 0 Å². The van der Waals surface area contributed by atoms with Crippen LogP contribution in [0, 0.1) is 0 Å². The number of phosphoric acid groups is 1. The number of carboxylic acids is 1.